The van der Waals surface area contributed by atoms with Crippen LogP contribution in [0, 0.1) is 0 Å². The number of carboxylic acids is 1. The first-order chi connectivity index (χ1) is 38.1. The predicted molar refractivity (Wildman–Crippen MR) is 282 cm³/mol. The van der Waals surface area contributed by atoms with Crippen LogP contribution in [0.2, 0.25) is 0 Å². The third-order valence-electron chi connectivity index (χ3n) is 11.7. The normalized spacial score (nSPS) is 23.6. The van der Waals surface area contributed by atoms with Gasteiger partial charge in [0.25, 0.3) is 0 Å². The third-order valence-corrected chi connectivity index (χ3v) is 13.8. The van der Waals surface area contributed by atoms with E-state index in [2.05, 4.69) is 63.8 Å². The number of carboxylic acid groups (broad SMARTS) is 1. The largest absolute Gasteiger partial charge is 0.480 e. The summed E-state index contributed by atoms with van der Waals surface area (Å²) in [5.41, 5.74) is 6.02. The number of carbonyl (C=O) groups is 16. The molecule has 0 unspecified atom stereocenters. The minimum atomic E-state index is -1.43. The summed E-state index contributed by atoms with van der Waals surface area (Å²) in [6, 6.07) is -3.88. The zero-order valence-corrected chi connectivity index (χ0v) is 45.5. The average molecular weight is 1170 g/mol. The molecule has 444 valence electrons. The Morgan fingerprint density at radius 2 is 0.713 bits per heavy atom. The van der Waals surface area contributed by atoms with Crippen LogP contribution in [0.15, 0.2) is 0 Å². The van der Waals surface area contributed by atoms with Crippen LogP contribution in [-0.4, -0.2) is 260 Å². The predicted octanol–water partition coefficient (Wildman–Crippen LogP) is -10.1. The minimum absolute atomic E-state index is 0.0327. The van der Waals surface area contributed by atoms with E-state index in [0.717, 1.165) is 11.8 Å². The molecule has 0 spiro atoms. The van der Waals surface area contributed by atoms with E-state index in [1.54, 1.807) is 0 Å². The highest BCUT2D eigenvalue weighted by molar-refractivity contribution is 7.99. The Labute approximate surface area is 467 Å². The SMILES string of the molecule is N[C@H]1CSCCC(=O)N2CCN3CCN(CC2)C(=O)CCSC[C@@H](C(=O)O)NC(=O)CNC(=O)CNC(=O)CNC(=O)CNC(=O)CNC(=O)[C@H](CCCCC3=O)NC(=O)CNC(=O)CNC(=O)CNC(=O)CNC(=O)CNC1=O. The molecule has 4 bridgehead atoms. The molecule has 15 amide bonds. The maximum Gasteiger partial charge on any atom is 0.327 e. The van der Waals surface area contributed by atoms with Gasteiger partial charge in [0.15, 0.2) is 0 Å². The molecule has 3 fully saturated rings. The first-order valence-corrected chi connectivity index (χ1v) is 27.7. The maximum absolute atomic E-state index is 13.9. The van der Waals surface area contributed by atoms with Crippen molar-refractivity contribution in [1.29, 1.82) is 0 Å². The van der Waals surface area contributed by atoms with E-state index in [9.17, 15) is 81.8 Å². The van der Waals surface area contributed by atoms with E-state index >= 15 is 0 Å². The fraction of sp³-hybridized carbons (Fsp3) is 0.644. The Morgan fingerprint density at radius 1 is 0.400 bits per heavy atom. The second-order valence-corrected chi connectivity index (χ2v) is 20.2. The molecule has 0 aliphatic carbocycles. The van der Waals surface area contributed by atoms with Gasteiger partial charge in [0.05, 0.1) is 71.5 Å². The summed E-state index contributed by atoms with van der Waals surface area (Å²) in [6.45, 7) is -6.03. The van der Waals surface area contributed by atoms with Crippen molar-refractivity contribution < 1.29 is 81.8 Å². The number of nitrogens with one attached hydrogen (secondary N) is 12. The molecule has 0 aromatic rings. The van der Waals surface area contributed by atoms with Gasteiger partial charge in [-0.05, 0) is 12.8 Å². The van der Waals surface area contributed by atoms with E-state index < -0.39 is 160 Å². The molecule has 0 radical (unpaired) electrons. The number of thioether (sulfide) groups is 2. The molecule has 3 rings (SSSR count). The highest BCUT2D eigenvalue weighted by Crippen LogP contribution is 2.13. The van der Waals surface area contributed by atoms with E-state index in [1.807, 2.05) is 0 Å². The van der Waals surface area contributed by atoms with Gasteiger partial charge in [-0.1, -0.05) is 6.42 Å². The summed E-state index contributed by atoms with van der Waals surface area (Å²) in [5, 5.41) is 37.0. The van der Waals surface area contributed by atoms with E-state index in [1.165, 1.54) is 26.5 Å². The number of aliphatic carboxylic acids is 1. The Balaban J connectivity index is 1.87. The van der Waals surface area contributed by atoms with Crippen molar-refractivity contribution in [3.8, 4) is 0 Å². The summed E-state index contributed by atoms with van der Waals surface area (Å²) >= 11 is 2.22. The molecule has 3 aliphatic rings. The van der Waals surface area contributed by atoms with Crippen LogP contribution < -0.4 is 69.5 Å². The van der Waals surface area contributed by atoms with Crippen LogP contribution in [0.5, 0.6) is 0 Å². The fourth-order valence-electron chi connectivity index (χ4n) is 7.17. The highest BCUT2D eigenvalue weighted by atomic mass is 32.2. The highest BCUT2D eigenvalue weighted by Gasteiger charge is 2.27. The number of rotatable bonds is 1. The fourth-order valence-corrected chi connectivity index (χ4v) is 9.01. The number of hydrogen-bond acceptors (Lipinski definition) is 19. The number of nitrogens with two attached hydrogens (primary N) is 1. The standard InChI is InChI=1S/C45H70N16O17S2/c46-27-25-79-13-5-41(73)60-9-7-59-8-10-61(12-11-60)42(74)6-14-80-26-29(45(77)78)58-39(71)24-54-35(67)20-50-31(63)16-48-33(65)18-52-37(69)22-56-44(76)28(3-1-2-4-40(59)72)57-38(70)23-53-34(66)19-49-30(62)15-47-32(64)17-51-36(68)21-55-43(27)75/h27-29H,1-26,46H2,(H,47,64)(H,48,65)(H,49,62)(H,50,63)(H,51,68)(H,52,69)(H,53,66)(H,54,67)(H,55,75)(H,56,76)(H,57,70)(H,58,71)(H,77,78)/t27-,28-,29-/m0/s1. The van der Waals surface area contributed by atoms with Crippen LogP contribution in [0.4, 0.5) is 0 Å². The van der Waals surface area contributed by atoms with Crippen molar-refractivity contribution in [2.75, 3.05) is 128 Å². The lowest BCUT2D eigenvalue weighted by Crippen LogP contribution is -2.52. The topological polar surface area (TPSA) is 473 Å². The first kappa shape index (κ1) is 66.5. The van der Waals surface area contributed by atoms with Crippen molar-refractivity contribution in [3.63, 3.8) is 0 Å². The van der Waals surface area contributed by atoms with Gasteiger partial charge >= 0.3 is 5.97 Å². The number of amides is 15. The molecule has 80 heavy (non-hydrogen) atoms. The third kappa shape index (κ3) is 27.7. The molecule has 3 aliphatic heterocycles. The Morgan fingerprint density at radius 3 is 1.09 bits per heavy atom. The lowest BCUT2D eigenvalue weighted by atomic mass is 10.1. The quantitative estimate of drug-likeness (QED) is 0.116. The Kier molecular flexibility index (Phi) is 30.2. The van der Waals surface area contributed by atoms with Crippen LogP contribution in [0.3, 0.4) is 0 Å². The summed E-state index contributed by atoms with van der Waals surface area (Å²) < 4.78 is 0. The molecule has 33 nitrogen and oxygen atoms in total. The zero-order chi connectivity index (χ0) is 59.0. The van der Waals surface area contributed by atoms with Crippen LogP contribution in [0.1, 0.15) is 38.5 Å². The van der Waals surface area contributed by atoms with Gasteiger partial charge in [-0.25, -0.2) is 4.79 Å². The van der Waals surface area contributed by atoms with Crippen LogP contribution in [-0.2, 0) is 76.7 Å². The molecule has 3 saturated heterocycles. The molecular weight excluding hydrogens is 1100 g/mol. The molecule has 0 aromatic heterocycles. The van der Waals surface area contributed by atoms with Crippen LogP contribution >= 0.6 is 23.5 Å². The molecule has 0 saturated carbocycles. The van der Waals surface area contributed by atoms with Crippen molar-refractivity contribution >= 4 is 118 Å². The molecule has 0 aromatic carbocycles. The van der Waals surface area contributed by atoms with Crippen LogP contribution in [0.25, 0.3) is 0 Å². The molecular formula is C45H70N16O17S2. The summed E-state index contributed by atoms with van der Waals surface area (Å²) in [7, 11) is 0. The first-order valence-electron chi connectivity index (χ1n) is 25.3. The number of nitrogens with zero attached hydrogens (tertiary/aromatic N) is 3. The number of fused-ring (bicyclic) bond motifs is 9. The summed E-state index contributed by atoms with van der Waals surface area (Å²) in [6.07, 6.45) is -0.0575. The van der Waals surface area contributed by atoms with Gasteiger partial charge in [0.2, 0.25) is 88.6 Å². The van der Waals surface area contributed by atoms with Gasteiger partial charge in [-0.15, -0.1) is 0 Å². The summed E-state index contributed by atoms with van der Waals surface area (Å²) in [5.74, 6) is -12.3. The molecule has 35 heteroatoms. The average Bonchev–Trinajstić information content (AvgIpc) is 3.55. The van der Waals surface area contributed by atoms with Crippen molar-refractivity contribution in [2.24, 2.45) is 5.73 Å². The Hall–Kier alpha value is -7.82. The molecule has 15 N–H and O–H groups in total. The number of carbonyl (C=O) groups excluding carboxylic acids is 15. The molecule has 3 heterocycles. The molecule has 3 atom stereocenters. The lowest BCUT2D eigenvalue weighted by Gasteiger charge is -2.26. The second kappa shape index (κ2) is 36.4. The van der Waals surface area contributed by atoms with Gasteiger partial charge in [0, 0.05) is 81.5 Å². The smallest absolute Gasteiger partial charge is 0.327 e. The number of hydrogen-bond donors (Lipinski definition) is 14. The minimum Gasteiger partial charge on any atom is -0.480 e. The Bertz CT molecular complexity index is 2300. The maximum atomic E-state index is 13.9. The second-order valence-electron chi connectivity index (χ2n) is 17.9. The van der Waals surface area contributed by atoms with Gasteiger partial charge in [-0.3, -0.25) is 71.9 Å². The van der Waals surface area contributed by atoms with E-state index in [-0.39, 0.29) is 119 Å². The van der Waals surface area contributed by atoms with Crippen molar-refractivity contribution in [1.82, 2.24) is 78.5 Å². The van der Waals surface area contributed by atoms with Gasteiger partial charge in [0.1, 0.15) is 12.1 Å². The zero-order valence-electron chi connectivity index (χ0n) is 43.8. The van der Waals surface area contributed by atoms with Crippen molar-refractivity contribution in [2.45, 2.75) is 56.7 Å². The van der Waals surface area contributed by atoms with Gasteiger partial charge in [-0.2, -0.15) is 23.5 Å². The van der Waals surface area contributed by atoms with Crippen molar-refractivity contribution in [3.05, 3.63) is 0 Å². The van der Waals surface area contributed by atoms with E-state index in [0.29, 0.717) is 0 Å². The van der Waals surface area contributed by atoms with Gasteiger partial charge < -0.3 is 89.3 Å². The van der Waals surface area contributed by atoms with E-state index in [4.69, 9.17) is 5.73 Å². The monoisotopic (exact) mass is 1170 g/mol. The summed E-state index contributed by atoms with van der Waals surface area (Å²) in [4.78, 5) is 208. The lowest BCUT2D eigenvalue weighted by molar-refractivity contribution is -0.141.